The van der Waals surface area contributed by atoms with Crippen molar-refractivity contribution in [3.8, 4) is 0 Å². The lowest BCUT2D eigenvalue weighted by molar-refractivity contribution is -0.141. The van der Waals surface area contributed by atoms with E-state index in [-0.39, 0.29) is 5.97 Å². The minimum absolute atomic E-state index is 0.0955. The molecule has 0 N–H and O–H groups in total. The second-order valence-corrected chi connectivity index (χ2v) is 4.07. The van der Waals surface area contributed by atoms with Crippen molar-refractivity contribution < 1.29 is 9.53 Å². The fraction of sp³-hybridized carbons (Fsp3) is 0.909. The number of carbonyl (C=O) groups is 1. The number of nitrogens with zero attached hydrogens (tertiary/aromatic N) is 1. The molecular weight excluding hydrogens is 178 g/mol. The number of ether oxygens (including phenoxy) is 1. The van der Waals surface area contributed by atoms with Crippen molar-refractivity contribution in [3.05, 3.63) is 0 Å². The van der Waals surface area contributed by atoms with Gasteiger partial charge in [-0.1, -0.05) is 6.92 Å². The number of rotatable bonds is 7. The van der Waals surface area contributed by atoms with E-state index in [2.05, 4.69) is 16.6 Å². The largest absolute Gasteiger partial charge is 0.469 e. The summed E-state index contributed by atoms with van der Waals surface area (Å²) in [5, 5.41) is 0. The van der Waals surface area contributed by atoms with Gasteiger partial charge in [0.05, 0.1) is 13.5 Å². The quantitative estimate of drug-likeness (QED) is 0.584. The standard InChI is InChI=1S/C11H21NO2/c1-3-7-12(9-10-4-5-10)8-6-11(13)14-2/h10H,3-9H2,1-2H3. The van der Waals surface area contributed by atoms with Crippen LogP contribution in [0.3, 0.4) is 0 Å². The van der Waals surface area contributed by atoms with Crippen LogP contribution in [0.4, 0.5) is 0 Å². The van der Waals surface area contributed by atoms with Crippen LogP contribution in [0.5, 0.6) is 0 Å². The van der Waals surface area contributed by atoms with Crippen LogP contribution < -0.4 is 0 Å². The molecule has 0 saturated heterocycles. The summed E-state index contributed by atoms with van der Waals surface area (Å²) in [5.41, 5.74) is 0. The summed E-state index contributed by atoms with van der Waals surface area (Å²) >= 11 is 0. The Bertz CT molecular complexity index is 178. The van der Waals surface area contributed by atoms with Crippen molar-refractivity contribution in [2.75, 3.05) is 26.7 Å². The van der Waals surface area contributed by atoms with E-state index in [0.717, 1.165) is 25.4 Å². The van der Waals surface area contributed by atoms with Gasteiger partial charge in [-0.25, -0.2) is 0 Å². The lowest BCUT2D eigenvalue weighted by atomic mass is 10.3. The van der Waals surface area contributed by atoms with Gasteiger partial charge in [-0.2, -0.15) is 0 Å². The molecule has 0 atom stereocenters. The second-order valence-electron chi connectivity index (χ2n) is 4.07. The maximum absolute atomic E-state index is 11.0. The Morgan fingerprint density at radius 1 is 1.43 bits per heavy atom. The summed E-state index contributed by atoms with van der Waals surface area (Å²) in [7, 11) is 1.45. The highest BCUT2D eigenvalue weighted by Crippen LogP contribution is 2.29. The molecule has 0 aliphatic heterocycles. The van der Waals surface area contributed by atoms with Crippen LogP contribution in [0.25, 0.3) is 0 Å². The van der Waals surface area contributed by atoms with Gasteiger partial charge in [-0.05, 0) is 31.7 Å². The zero-order valence-corrected chi connectivity index (χ0v) is 9.29. The van der Waals surface area contributed by atoms with Crippen LogP contribution in [0, 0.1) is 5.92 Å². The lowest BCUT2D eigenvalue weighted by Crippen LogP contribution is -2.29. The third-order valence-electron chi connectivity index (χ3n) is 2.61. The maximum atomic E-state index is 11.0. The SMILES string of the molecule is CCCN(CCC(=O)OC)CC1CC1. The Balaban J connectivity index is 2.15. The highest BCUT2D eigenvalue weighted by atomic mass is 16.5. The minimum Gasteiger partial charge on any atom is -0.469 e. The monoisotopic (exact) mass is 199 g/mol. The molecule has 82 valence electrons. The third-order valence-corrected chi connectivity index (χ3v) is 2.61. The molecule has 1 saturated carbocycles. The van der Waals surface area contributed by atoms with Gasteiger partial charge < -0.3 is 9.64 Å². The van der Waals surface area contributed by atoms with Crippen molar-refractivity contribution in [1.29, 1.82) is 0 Å². The van der Waals surface area contributed by atoms with Gasteiger partial charge in [0.1, 0.15) is 0 Å². The molecule has 0 heterocycles. The first kappa shape index (κ1) is 11.5. The Hall–Kier alpha value is -0.570. The molecule has 1 aliphatic rings. The van der Waals surface area contributed by atoms with Gasteiger partial charge in [-0.15, -0.1) is 0 Å². The molecule has 0 unspecified atom stereocenters. The van der Waals surface area contributed by atoms with Gasteiger partial charge in [0, 0.05) is 13.1 Å². The highest BCUT2D eigenvalue weighted by molar-refractivity contribution is 5.69. The van der Waals surface area contributed by atoms with E-state index in [1.54, 1.807) is 0 Å². The molecule has 14 heavy (non-hydrogen) atoms. The Morgan fingerprint density at radius 3 is 2.64 bits per heavy atom. The first-order chi connectivity index (χ1) is 6.76. The fourth-order valence-corrected chi connectivity index (χ4v) is 1.63. The first-order valence-corrected chi connectivity index (χ1v) is 5.55. The van der Waals surface area contributed by atoms with Gasteiger partial charge >= 0.3 is 5.97 Å². The summed E-state index contributed by atoms with van der Waals surface area (Å²) < 4.78 is 4.63. The first-order valence-electron chi connectivity index (χ1n) is 5.55. The number of methoxy groups -OCH3 is 1. The summed E-state index contributed by atoms with van der Waals surface area (Å²) in [4.78, 5) is 13.4. The number of hydrogen-bond donors (Lipinski definition) is 0. The van der Waals surface area contributed by atoms with Crippen molar-refractivity contribution in [2.45, 2.75) is 32.6 Å². The van der Waals surface area contributed by atoms with Crippen LogP contribution in [-0.2, 0) is 9.53 Å². The van der Waals surface area contributed by atoms with Crippen LogP contribution in [0.15, 0.2) is 0 Å². The maximum Gasteiger partial charge on any atom is 0.306 e. The van der Waals surface area contributed by atoms with E-state index >= 15 is 0 Å². The normalized spacial score (nSPS) is 15.9. The number of carbonyl (C=O) groups excluding carboxylic acids is 1. The van der Waals surface area contributed by atoms with Crippen LogP contribution in [0.1, 0.15) is 32.6 Å². The van der Waals surface area contributed by atoms with E-state index in [9.17, 15) is 4.79 Å². The summed E-state index contributed by atoms with van der Waals surface area (Å²) in [5.74, 6) is 0.807. The molecule has 0 aromatic rings. The van der Waals surface area contributed by atoms with Crippen LogP contribution in [0.2, 0.25) is 0 Å². The van der Waals surface area contributed by atoms with E-state index in [0.29, 0.717) is 6.42 Å². The summed E-state index contributed by atoms with van der Waals surface area (Å²) in [6.45, 7) is 5.31. The number of hydrogen-bond acceptors (Lipinski definition) is 3. The van der Waals surface area contributed by atoms with Gasteiger partial charge in [0.2, 0.25) is 0 Å². The van der Waals surface area contributed by atoms with Crippen molar-refractivity contribution in [3.63, 3.8) is 0 Å². The van der Waals surface area contributed by atoms with E-state index in [1.165, 1.54) is 26.5 Å². The van der Waals surface area contributed by atoms with Crippen molar-refractivity contribution in [1.82, 2.24) is 4.90 Å². The van der Waals surface area contributed by atoms with Crippen LogP contribution in [-0.4, -0.2) is 37.6 Å². The summed E-state index contributed by atoms with van der Waals surface area (Å²) in [6, 6.07) is 0. The molecule has 0 aromatic carbocycles. The molecule has 3 heteroatoms. The third kappa shape index (κ3) is 4.61. The highest BCUT2D eigenvalue weighted by Gasteiger charge is 2.23. The second kappa shape index (κ2) is 6.02. The lowest BCUT2D eigenvalue weighted by Gasteiger charge is -2.20. The average Bonchev–Trinajstić information content (AvgIpc) is 2.98. The van der Waals surface area contributed by atoms with Gasteiger partial charge in [-0.3, -0.25) is 4.79 Å². The van der Waals surface area contributed by atoms with Gasteiger partial charge in [0.15, 0.2) is 0 Å². The Morgan fingerprint density at radius 2 is 2.14 bits per heavy atom. The van der Waals surface area contributed by atoms with Gasteiger partial charge in [0.25, 0.3) is 0 Å². The Kier molecular flexibility index (Phi) is 4.94. The predicted octanol–water partition coefficient (Wildman–Crippen LogP) is 1.67. The van der Waals surface area contributed by atoms with E-state index < -0.39 is 0 Å². The molecule has 1 fully saturated rings. The molecule has 0 spiro atoms. The average molecular weight is 199 g/mol. The zero-order valence-electron chi connectivity index (χ0n) is 9.29. The predicted molar refractivity (Wildman–Crippen MR) is 56.1 cm³/mol. The van der Waals surface area contributed by atoms with Crippen molar-refractivity contribution >= 4 is 5.97 Å². The van der Waals surface area contributed by atoms with E-state index in [1.807, 2.05) is 0 Å². The van der Waals surface area contributed by atoms with E-state index in [4.69, 9.17) is 0 Å². The minimum atomic E-state index is -0.0955. The molecule has 0 radical (unpaired) electrons. The Labute approximate surface area is 86.4 Å². The van der Waals surface area contributed by atoms with Crippen LogP contribution >= 0.6 is 0 Å². The topological polar surface area (TPSA) is 29.5 Å². The number of esters is 1. The molecule has 1 rings (SSSR count). The molecule has 0 amide bonds. The fourth-order valence-electron chi connectivity index (χ4n) is 1.63. The molecule has 1 aliphatic carbocycles. The molecular formula is C11H21NO2. The smallest absolute Gasteiger partial charge is 0.306 e. The zero-order chi connectivity index (χ0) is 10.4. The van der Waals surface area contributed by atoms with Crippen molar-refractivity contribution in [2.24, 2.45) is 5.92 Å². The molecule has 3 nitrogen and oxygen atoms in total. The molecule has 0 aromatic heterocycles. The molecule has 0 bridgehead atoms. The summed E-state index contributed by atoms with van der Waals surface area (Å²) in [6.07, 6.45) is 4.44.